The average molecular weight is 438 g/mol. The molecule has 0 fully saturated rings. The van der Waals surface area contributed by atoms with Crippen LogP contribution in [0.3, 0.4) is 0 Å². The van der Waals surface area contributed by atoms with Crippen LogP contribution in [0.25, 0.3) is 6.08 Å². The summed E-state index contributed by atoms with van der Waals surface area (Å²) in [5, 5.41) is 9.44. The van der Waals surface area contributed by atoms with Crippen molar-refractivity contribution < 1.29 is 8.42 Å². The molecule has 3 rings (SSSR count). The lowest BCUT2D eigenvalue weighted by molar-refractivity contribution is 0.303. The van der Waals surface area contributed by atoms with E-state index < -0.39 is 16.1 Å². The van der Waals surface area contributed by atoms with E-state index >= 15 is 0 Å². The third kappa shape index (κ3) is 6.12. The highest BCUT2D eigenvalue weighted by Crippen LogP contribution is 2.23. The summed E-state index contributed by atoms with van der Waals surface area (Å²) in [4.78, 5) is 2.29. The van der Waals surface area contributed by atoms with Crippen LogP contribution in [0.4, 0.5) is 0 Å². The van der Waals surface area contributed by atoms with Gasteiger partial charge in [-0.2, -0.15) is 0 Å². The first kappa shape index (κ1) is 22.0. The van der Waals surface area contributed by atoms with Gasteiger partial charge in [-0.25, -0.2) is 13.1 Å². The average Bonchev–Trinajstić information content (AvgIpc) is 2.94. The van der Waals surface area contributed by atoms with Gasteiger partial charge in [0.25, 0.3) is 0 Å². The standard InChI is InChI=1S/C20H28ClN5O2S/c1-15(2)19(24-29(3,27)28)20-23-22-18-9-10-25(11-12-26(18)20)14-17(21)13-16-7-5-4-6-8-16/h4-8,13,15,19,24H,9-12,14H2,1-3H3/b17-13-/t19-/m1/s1. The molecule has 1 aliphatic heterocycles. The van der Waals surface area contributed by atoms with Crippen molar-refractivity contribution >= 4 is 27.7 Å². The zero-order valence-corrected chi connectivity index (χ0v) is 18.6. The minimum absolute atomic E-state index is 0.0561. The fourth-order valence-corrected chi connectivity index (χ4v) is 4.62. The summed E-state index contributed by atoms with van der Waals surface area (Å²) in [7, 11) is -3.35. The number of nitrogens with zero attached hydrogens (tertiary/aromatic N) is 4. The Labute approximate surface area is 177 Å². The van der Waals surface area contributed by atoms with E-state index in [4.69, 9.17) is 11.6 Å². The zero-order valence-electron chi connectivity index (χ0n) is 17.0. The Balaban J connectivity index is 1.71. The summed E-state index contributed by atoms with van der Waals surface area (Å²) in [6.07, 6.45) is 3.90. The summed E-state index contributed by atoms with van der Waals surface area (Å²) in [6.45, 7) is 6.92. The van der Waals surface area contributed by atoms with Crippen LogP contribution in [-0.2, 0) is 23.0 Å². The van der Waals surface area contributed by atoms with E-state index in [-0.39, 0.29) is 5.92 Å². The van der Waals surface area contributed by atoms with Crippen LogP contribution in [0, 0.1) is 5.92 Å². The summed E-state index contributed by atoms with van der Waals surface area (Å²) >= 11 is 6.49. The topological polar surface area (TPSA) is 80.1 Å². The molecule has 0 saturated heterocycles. The SMILES string of the molecule is CC(C)[C@@H](NS(C)(=O)=O)c1nnc2n1CCN(C/C(Cl)=C/c1ccccc1)CC2. The molecule has 29 heavy (non-hydrogen) atoms. The molecule has 0 aliphatic carbocycles. The van der Waals surface area contributed by atoms with Crippen LogP contribution >= 0.6 is 11.6 Å². The quantitative estimate of drug-likeness (QED) is 0.720. The highest BCUT2D eigenvalue weighted by Gasteiger charge is 2.28. The Hall–Kier alpha value is -1.74. The Morgan fingerprint density at radius 2 is 1.93 bits per heavy atom. The van der Waals surface area contributed by atoms with E-state index in [0.717, 1.165) is 35.9 Å². The molecule has 1 aromatic carbocycles. The van der Waals surface area contributed by atoms with Gasteiger partial charge in [0, 0.05) is 37.6 Å². The molecule has 0 bridgehead atoms. The van der Waals surface area contributed by atoms with Crippen LogP contribution in [0.1, 0.15) is 37.1 Å². The molecule has 1 aliphatic rings. The Kier molecular flexibility index (Phi) is 7.10. The van der Waals surface area contributed by atoms with Gasteiger partial charge in [-0.1, -0.05) is 55.8 Å². The summed E-state index contributed by atoms with van der Waals surface area (Å²) in [5.74, 6) is 1.61. The molecule has 0 unspecified atom stereocenters. The Bertz CT molecular complexity index is 957. The third-order valence-corrected chi connectivity index (χ3v) is 5.84. The number of aromatic nitrogens is 3. The lowest BCUT2D eigenvalue weighted by Crippen LogP contribution is -2.34. The largest absolute Gasteiger partial charge is 0.312 e. The van der Waals surface area contributed by atoms with Crippen LogP contribution in [0.2, 0.25) is 0 Å². The van der Waals surface area contributed by atoms with E-state index in [1.807, 2.05) is 50.3 Å². The lowest BCUT2D eigenvalue weighted by atomic mass is 10.1. The maximum Gasteiger partial charge on any atom is 0.209 e. The minimum Gasteiger partial charge on any atom is -0.312 e. The Morgan fingerprint density at radius 1 is 1.21 bits per heavy atom. The van der Waals surface area contributed by atoms with Gasteiger partial charge >= 0.3 is 0 Å². The van der Waals surface area contributed by atoms with Crippen LogP contribution in [0.5, 0.6) is 0 Å². The van der Waals surface area contributed by atoms with Gasteiger partial charge in [-0.15, -0.1) is 10.2 Å². The van der Waals surface area contributed by atoms with E-state index in [1.165, 1.54) is 6.26 Å². The van der Waals surface area contributed by atoms with Crippen molar-refractivity contribution in [3.8, 4) is 0 Å². The maximum absolute atomic E-state index is 11.8. The fourth-order valence-electron chi connectivity index (χ4n) is 3.48. The minimum atomic E-state index is -3.35. The third-order valence-electron chi connectivity index (χ3n) is 4.93. The number of halogens is 1. The number of hydrogen-bond acceptors (Lipinski definition) is 5. The second-order valence-corrected chi connectivity index (χ2v) is 10.0. The Morgan fingerprint density at radius 3 is 2.59 bits per heavy atom. The number of benzene rings is 1. The number of nitrogens with one attached hydrogen (secondary N) is 1. The van der Waals surface area contributed by atoms with Gasteiger partial charge < -0.3 is 4.57 Å². The molecule has 7 nitrogen and oxygen atoms in total. The van der Waals surface area contributed by atoms with E-state index in [9.17, 15) is 8.42 Å². The van der Waals surface area contributed by atoms with Crippen molar-refractivity contribution in [2.45, 2.75) is 32.9 Å². The van der Waals surface area contributed by atoms with Gasteiger partial charge in [0.1, 0.15) is 5.82 Å². The molecule has 0 amide bonds. The number of hydrogen-bond donors (Lipinski definition) is 1. The van der Waals surface area contributed by atoms with Crippen LogP contribution in [0.15, 0.2) is 35.4 Å². The lowest BCUT2D eigenvalue weighted by Gasteiger charge is -2.22. The molecule has 1 aromatic heterocycles. The molecule has 1 N–H and O–H groups in total. The molecule has 0 spiro atoms. The van der Waals surface area contributed by atoms with Crippen molar-refractivity contribution in [1.29, 1.82) is 0 Å². The monoisotopic (exact) mass is 437 g/mol. The summed E-state index contributed by atoms with van der Waals surface area (Å²) in [6, 6.07) is 9.62. The first-order valence-electron chi connectivity index (χ1n) is 9.75. The van der Waals surface area contributed by atoms with Crippen molar-refractivity contribution in [3.05, 3.63) is 52.6 Å². The molecular weight excluding hydrogens is 410 g/mol. The first-order valence-corrected chi connectivity index (χ1v) is 12.0. The zero-order chi connectivity index (χ0) is 21.0. The number of fused-ring (bicyclic) bond motifs is 1. The van der Waals surface area contributed by atoms with Crippen LogP contribution in [-0.4, -0.2) is 54.0 Å². The number of rotatable bonds is 7. The van der Waals surface area contributed by atoms with E-state index in [0.29, 0.717) is 18.9 Å². The second kappa shape index (κ2) is 9.38. The smallest absolute Gasteiger partial charge is 0.209 e. The highest BCUT2D eigenvalue weighted by molar-refractivity contribution is 7.88. The van der Waals surface area contributed by atoms with Crippen molar-refractivity contribution in [3.63, 3.8) is 0 Å². The van der Waals surface area contributed by atoms with Gasteiger partial charge in [-0.3, -0.25) is 4.90 Å². The van der Waals surface area contributed by atoms with Crippen molar-refractivity contribution in [2.75, 3.05) is 25.9 Å². The van der Waals surface area contributed by atoms with Crippen LogP contribution < -0.4 is 4.72 Å². The predicted molar refractivity (Wildman–Crippen MR) is 116 cm³/mol. The van der Waals surface area contributed by atoms with E-state index in [1.54, 1.807) is 0 Å². The molecular formula is C20H28ClN5O2S. The fraction of sp³-hybridized carbons (Fsp3) is 0.500. The molecule has 1 atom stereocenters. The van der Waals surface area contributed by atoms with E-state index in [2.05, 4.69) is 24.4 Å². The predicted octanol–water partition coefficient (Wildman–Crippen LogP) is 2.66. The van der Waals surface area contributed by atoms with Gasteiger partial charge in [-0.05, 0) is 17.6 Å². The van der Waals surface area contributed by atoms with Crippen molar-refractivity contribution in [2.24, 2.45) is 5.92 Å². The molecule has 0 saturated carbocycles. The van der Waals surface area contributed by atoms with Gasteiger partial charge in [0.2, 0.25) is 10.0 Å². The summed E-state index contributed by atoms with van der Waals surface area (Å²) in [5.41, 5.74) is 1.08. The van der Waals surface area contributed by atoms with Gasteiger partial charge in [0.05, 0.1) is 12.3 Å². The second-order valence-electron chi connectivity index (χ2n) is 7.77. The molecule has 158 valence electrons. The highest BCUT2D eigenvalue weighted by atomic mass is 35.5. The summed E-state index contributed by atoms with van der Waals surface area (Å²) < 4.78 is 28.4. The number of sulfonamides is 1. The molecule has 2 heterocycles. The normalized spacial score (nSPS) is 17.2. The van der Waals surface area contributed by atoms with Crippen molar-refractivity contribution in [1.82, 2.24) is 24.4 Å². The van der Waals surface area contributed by atoms with Gasteiger partial charge in [0.15, 0.2) is 5.82 Å². The molecule has 2 aromatic rings. The first-order chi connectivity index (χ1) is 13.7. The molecule has 0 radical (unpaired) electrons. The maximum atomic E-state index is 11.8. The molecule has 9 heteroatoms.